The van der Waals surface area contributed by atoms with Gasteiger partial charge in [0.2, 0.25) is 0 Å². The third kappa shape index (κ3) is 10.2. The highest BCUT2D eigenvalue weighted by atomic mass is 31.2. The van der Waals surface area contributed by atoms with Gasteiger partial charge in [-0.05, 0) is 0 Å². The molecule has 88 valence electrons. The Morgan fingerprint density at radius 2 is 1.14 bits per heavy atom. The highest BCUT2D eigenvalue weighted by Gasteiger charge is 2.18. The average molecular weight is 226 g/mol. The highest BCUT2D eigenvalue weighted by Crippen LogP contribution is 2.46. The second-order valence-corrected chi connectivity index (χ2v) is 4.69. The standard InChI is InChI=1S/C6H14.C3H9O4P/c1-3-5-6-4-2;1-5-8(4,6-2)7-3/h3-6H2,1-2H3;1-3H3. The van der Waals surface area contributed by atoms with Crippen molar-refractivity contribution in [1.82, 2.24) is 0 Å². The Labute approximate surface area is 87.6 Å². The molecule has 0 aromatic heterocycles. The molecule has 0 atom stereocenters. The summed E-state index contributed by atoms with van der Waals surface area (Å²) in [5, 5.41) is 0. The van der Waals surface area contributed by atoms with E-state index in [1.165, 1.54) is 47.0 Å². The molecule has 0 spiro atoms. The molecule has 4 nitrogen and oxygen atoms in total. The smallest absolute Gasteiger partial charge is 0.290 e. The van der Waals surface area contributed by atoms with Gasteiger partial charge in [-0.3, -0.25) is 13.6 Å². The van der Waals surface area contributed by atoms with E-state index in [-0.39, 0.29) is 0 Å². The van der Waals surface area contributed by atoms with Gasteiger partial charge in [0, 0.05) is 21.3 Å². The van der Waals surface area contributed by atoms with Crippen LogP contribution in [0.3, 0.4) is 0 Å². The molecule has 0 fully saturated rings. The minimum absolute atomic E-state index is 1.26. The Morgan fingerprint density at radius 1 is 0.857 bits per heavy atom. The first-order chi connectivity index (χ1) is 6.60. The SMILES string of the molecule is CCCCCC.COP(=O)(OC)OC. The van der Waals surface area contributed by atoms with Gasteiger partial charge in [-0.25, -0.2) is 4.57 Å². The zero-order valence-electron chi connectivity index (χ0n) is 9.91. The summed E-state index contributed by atoms with van der Waals surface area (Å²) in [6.45, 7) is 4.46. The number of hydrogen-bond acceptors (Lipinski definition) is 4. The van der Waals surface area contributed by atoms with Crippen molar-refractivity contribution in [3.05, 3.63) is 0 Å². The molecule has 0 rings (SSSR count). The molecule has 0 aliphatic heterocycles. The topological polar surface area (TPSA) is 44.8 Å². The molecule has 0 unspecified atom stereocenters. The zero-order valence-corrected chi connectivity index (χ0v) is 10.8. The van der Waals surface area contributed by atoms with Gasteiger partial charge < -0.3 is 0 Å². The number of phosphoric acid groups is 1. The summed E-state index contributed by atoms with van der Waals surface area (Å²) in [4.78, 5) is 0. The van der Waals surface area contributed by atoms with E-state index in [1.807, 2.05) is 0 Å². The lowest BCUT2D eigenvalue weighted by molar-refractivity contribution is 0.178. The van der Waals surface area contributed by atoms with Crippen molar-refractivity contribution in [1.29, 1.82) is 0 Å². The van der Waals surface area contributed by atoms with Crippen molar-refractivity contribution in [3.8, 4) is 0 Å². The fraction of sp³-hybridized carbons (Fsp3) is 1.00. The summed E-state index contributed by atoms with van der Waals surface area (Å²) in [5.74, 6) is 0. The third-order valence-corrected chi connectivity index (χ3v) is 2.97. The van der Waals surface area contributed by atoms with E-state index < -0.39 is 7.82 Å². The van der Waals surface area contributed by atoms with E-state index >= 15 is 0 Å². The van der Waals surface area contributed by atoms with Crippen LogP contribution in [-0.4, -0.2) is 21.3 Å². The minimum Gasteiger partial charge on any atom is -0.290 e. The van der Waals surface area contributed by atoms with Gasteiger partial charge in [0.05, 0.1) is 0 Å². The quantitative estimate of drug-likeness (QED) is 0.512. The van der Waals surface area contributed by atoms with Gasteiger partial charge in [0.15, 0.2) is 0 Å². The fourth-order valence-electron chi connectivity index (χ4n) is 0.724. The molecule has 0 aliphatic rings. The lowest BCUT2D eigenvalue weighted by Crippen LogP contribution is -1.88. The van der Waals surface area contributed by atoms with Crippen molar-refractivity contribution < 1.29 is 18.1 Å². The van der Waals surface area contributed by atoms with Crippen LogP contribution in [0, 0.1) is 0 Å². The average Bonchev–Trinajstić information content (AvgIpc) is 2.26. The van der Waals surface area contributed by atoms with E-state index in [0.717, 1.165) is 0 Å². The van der Waals surface area contributed by atoms with Gasteiger partial charge in [0.25, 0.3) is 0 Å². The molecule has 14 heavy (non-hydrogen) atoms. The predicted molar refractivity (Wildman–Crippen MR) is 58.4 cm³/mol. The van der Waals surface area contributed by atoms with Gasteiger partial charge in [-0.15, -0.1) is 0 Å². The van der Waals surface area contributed by atoms with Crippen LogP contribution in [0.1, 0.15) is 39.5 Å². The fourth-order valence-corrected chi connectivity index (χ4v) is 1.17. The van der Waals surface area contributed by atoms with Crippen molar-refractivity contribution >= 4 is 7.82 Å². The lowest BCUT2D eigenvalue weighted by Gasteiger charge is -2.08. The van der Waals surface area contributed by atoms with Crippen molar-refractivity contribution in [2.75, 3.05) is 21.3 Å². The monoisotopic (exact) mass is 226 g/mol. The summed E-state index contributed by atoms with van der Waals surface area (Å²) in [5.41, 5.74) is 0. The second-order valence-electron chi connectivity index (χ2n) is 2.70. The predicted octanol–water partition coefficient (Wildman–Crippen LogP) is 3.62. The van der Waals surface area contributed by atoms with Crippen LogP contribution in [0.2, 0.25) is 0 Å². The first-order valence-corrected chi connectivity index (χ1v) is 6.33. The van der Waals surface area contributed by atoms with Crippen LogP contribution in [0.25, 0.3) is 0 Å². The maximum atomic E-state index is 10.7. The summed E-state index contributed by atoms with van der Waals surface area (Å²) in [6.07, 6.45) is 5.54. The van der Waals surface area contributed by atoms with Gasteiger partial charge in [0.1, 0.15) is 0 Å². The maximum absolute atomic E-state index is 10.7. The largest absolute Gasteiger partial charge is 0.473 e. The molecular weight excluding hydrogens is 203 g/mol. The van der Waals surface area contributed by atoms with Crippen molar-refractivity contribution in [2.45, 2.75) is 39.5 Å². The molecule has 0 aromatic carbocycles. The van der Waals surface area contributed by atoms with Gasteiger partial charge in [-0.1, -0.05) is 39.5 Å². The van der Waals surface area contributed by atoms with E-state index in [9.17, 15) is 4.57 Å². The minimum atomic E-state index is -3.16. The molecular formula is C9H23O4P. The summed E-state index contributed by atoms with van der Waals surface area (Å²) in [7, 11) is 0.611. The Kier molecular flexibility index (Phi) is 13.2. The Bertz CT molecular complexity index is 127. The molecule has 0 saturated carbocycles. The second kappa shape index (κ2) is 11.2. The van der Waals surface area contributed by atoms with Crippen LogP contribution in [0.15, 0.2) is 0 Å². The summed E-state index contributed by atoms with van der Waals surface area (Å²) >= 11 is 0. The van der Waals surface area contributed by atoms with Crippen molar-refractivity contribution in [2.24, 2.45) is 0 Å². The Hall–Kier alpha value is 0.110. The van der Waals surface area contributed by atoms with E-state index in [2.05, 4.69) is 27.4 Å². The van der Waals surface area contributed by atoms with Gasteiger partial charge in [-0.2, -0.15) is 0 Å². The molecule has 0 bridgehead atoms. The van der Waals surface area contributed by atoms with Crippen LogP contribution < -0.4 is 0 Å². The Morgan fingerprint density at radius 3 is 1.21 bits per heavy atom. The summed E-state index contributed by atoms with van der Waals surface area (Å²) < 4.78 is 23.7. The summed E-state index contributed by atoms with van der Waals surface area (Å²) in [6, 6.07) is 0. The van der Waals surface area contributed by atoms with Crippen LogP contribution >= 0.6 is 7.82 Å². The highest BCUT2D eigenvalue weighted by molar-refractivity contribution is 7.48. The number of unbranched alkanes of at least 4 members (excludes halogenated alkanes) is 3. The third-order valence-electron chi connectivity index (χ3n) is 1.63. The first kappa shape index (κ1) is 16.5. The number of hydrogen-bond donors (Lipinski definition) is 0. The maximum Gasteiger partial charge on any atom is 0.473 e. The zero-order chi connectivity index (χ0) is 11.4. The Balaban J connectivity index is 0. The molecule has 0 heterocycles. The molecule has 0 radical (unpaired) electrons. The number of phosphoric ester groups is 1. The first-order valence-electron chi connectivity index (χ1n) is 4.87. The lowest BCUT2D eigenvalue weighted by atomic mass is 10.2. The van der Waals surface area contributed by atoms with E-state index in [1.54, 1.807) is 0 Å². The van der Waals surface area contributed by atoms with E-state index in [0.29, 0.717) is 0 Å². The van der Waals surface area contributed by atoms with Crippen molar-refractivity contribution in [3.63, 3.8) is 0 Å². The van der Waals surface area contributed by atoms with Crippen LogP contribution in [0.4, 0.5) is 0 Å². The van der Waals surface area contributed by atoms with Crippen LogP contribution in [0.5, 0.6) is 0 Å². The molecule has 0 aliphatic carbocycles. The normalized spacial score (nSPS) is 10.6. The molecule has 0 N–H and O–H groups in total. The molecule has 5 heteroatoms. The molecule has 0 saturated heterocycles. The number of rotatable bonds is 6. The van der Waals surface area contributed by atoms with Gasteiger partial charge >= 0.3 is 7.82 Å². The molecule has 0 amide bonds. The molecule has 0 aromatic rings. The van der Waals surface area contributed by atoms with Crippen LogP contribution in [-0.2, 0) is 18.1 Å². The van der Waals surface area contributed by atoms with E-state index in [4.69, 9.17) is 0 Å².